The number of amides is 1. The van der Waals surface area contributed by atoms with Crippen LogP contribution in [0.25, 0.3) is 6.20 Å². The van der Waals surface area contributed by atoms with Gasteiger partial charge in [0.05, 0.1) is 12.2 Å². The predicted octanol–water partition coefficient (Wildman–Crippen LogP) is 3.64. The molecule has 1 aliphatic rings. The summed E-state index contributed by atoms with van der Waals surface area (Å²) in [4.78, 5) is 14.7. The minimum atomic E-state index is -0.432. The van der Waals surface area contributed by atoms with Gasteiger partial charge in [0.1, 0.15) is 11.5 Å². The first-order valence-electron chi connectivity index (χ1n) is 10.2. The molecule has 158 valence electrons. The molecule has 6 nitrogen and oxygen atoms in total. The van der Waals surface area contributed by atoms with Gasteiger partial charge < -0.3 is 10.6 Å². The molecule has 1 aromatic heterocycles. The second-order valence-electron chi connectivity index (χ2n) is 7.38. The monoisotopic (exact) mass is 409 g/mol. The molecule has 2 N–H and O–H groups in total. The molecule has 30 heavy (non-hydrogen) atoms. The van der Waals surface area contributed by atoms with Crippen molar-refractivity contribution in [3.63, 3.8) is 0 Å². The van der Waals surface area contributed by atoms with Crippen LogP contribution in [0.5, 0.6) is 0 Å². The average Bonchev–Trinajstić information content (AvgIpc) is 3.39. The first-order valence-corrected chi connectivity index (χ1v) is 10.2. The van der Waals surface area contributed by atoms with Crippen molar-refractivity contribution in [2.45, 2.75) is 44.7 Å². The fourth-order valence-electron chi connectivity index (χ4n) is 3.63. The largest absolute Gasteiger partial charge is 0.334 e. The quantitative estimate of drug-likeness (QED) is 0.675. The third-order valence-corrected chi connectivity index (χ3v) is 5.08. The molecular weight excluding hydrogens is 381 g/mol. The Balaban J connectivity index is 1.60. The normalized spacial score (nSPS) is 18.2. The van der Waals surface area contributed by atoms with Crippen molar-refractivity contribution >= 4 is 12.1 Å². The Morgan fingerprint density at radius 2 is 2.10 bits per heavy atom. The van der Waals surface area contributed by atoms with Gasteiger partial charge in [-0.2, -0.15) is 0 Å². The predicted molar refractivity (Wildman–Crippen MR) is 116 cm³/mol. The van der Waals surface area contributed by atoms with Gasteiger partial charge in [0.2, 0.25) is 5.91 Å². The van der Waals surface area contributed by atoms with Crippen molar-refractivity contribution in [1.82, 2.24) is 19.9 Å². The molecule has 1 aromatic carbocycles. The summed E-state index contributed by atoms with van der Waals surface area (Å²) in [7, 11) is 0. The maximum atomic E-state index is 13.8. The lowest BCUT2D eigenvalue weighted by Gasteiger charge is -2.24. The number of carbonyl (C=O) groups excluding carboxylic acids is 1. The molecule has 0 saturated carbocycles. The van der Waals surface area contributed by atoms with Crippen LogP contribution in [-0.2, 0) is 11.2 Å². The zero-order valence-corrected chi connectivity index (χ0v) is 17.2. The number of aromatic nitrogens is 3. The number of hydrogen-bond acceptors (Lipinski definition) is 4. The Morgan fingerprint density at radius 1 is 1.30 bits per heavy atom. The molecule has 2 atom stereocenters. The third-order valence-electron chi connectivity index (χ3n) is 5.08. The van der Waals surface area contributed by atoms with Crippen molar-refractivity contribution in [2.24, 2.45) is 5.73 Å². The number of nitrogens with two attached hydrogens (primary N) is 1. The van der Waals surface area contributed by atoms with Gasteiger partial charge >= 0.3 is 0 Å². The second-order valence-corrected chi connectivity index (χ2v) is 7.38. The van der Waals surface area contributed by atoms with E-state index in [1.165, 1.54) is 6.07 Å². The van der Waals surface area contributed by atoms with Crippen LogP contribution in [0.1, 0.15) is 43.5 Å². The molecule has 7 heteroatoms. The molecule has 0 radical (unpaired) electrons. The van der Waals surface area contributed by atoms with Crippen LogP contribution in [-0.4, -0.2) is 38.4 Å². The molecule has 2 heterocycles. The van der Waals surface area contributed by atoms with E-state index in [1.54, 1.807) is 22.9 Å². The fraction of sp³-hybridized carbons (Fsp3) is 0.348. The Bertz CT molecular complexity index is 933. The van der Waals surface area contributed by atoms with Gasteiger partial charge in [-0.1, -0.05) is 47.7 Å². The Hall–Kier alpha value is -3.06. The van der Waals surface area contributed by atoms with Crippen molar-refractivity contribution in [1.29, 1.82) is 0 Å². The number of hydrogen-bond donors (Lipinski definition) is 1. The van der Waals surface area contributed by atoms with Crippen molar-refractivity contribution in [3.05, 3.63) is 77.9 Å². The smallest absolute Gasteiger partial charge is 0.224 e. The van der Waals surface area contributed by atoms with E-state index in [2.05, 4.69) is 10.3 Å². The van der Waals surface area contributed by atoms with Crippen molar-refractivity contribution in [2.75, 3.05) is 6.54 Å². The fourth-order valence-corrected chi connectivity index (χ4v) is 3.63. The Morgan fingerprint density at radius 3 is 2.90 bits per heavy atom. The summed E-state index contributed by atoms with van der Waals surface area (Å²) in [5.41, 5.74) is 7.46. The third kappa shape index (κ3) is 5.73. The minimum absolute atomic E-state index is 0.0271. The Kier molecular flexibility index (Phi) is 7.68. The highest BCUT2D eigenvalue weighted by molar-refractivity contribution is 5.77. The zero-order valence-electron chi connectivity index (χ0n) is 17.2. The Labute approximate surface area is 176 Å². The summed E-state index contributed by atoms with van der Waals surface area (Å²) in [6.45, 7) is 2.63. The lowest BCUT2D eigenvalue weighted by atomic mass is 10.0. The lowest BCUT2D eigenvalue weighted by molar-refractivity contribution is -0.132. The van der Waals surface area contributed by atoms with Gasteiger partial charge in [-0.3, -0.25) is 4.79 Å². The second kappa shape index (κ2) is 10.6. The van der Waals surface area contributed by atoms with E-state index in [4.69, 9.17) is 5.73 Å². The van der Waals surface area contributed by atoms with Crippen molar-refractivity contribution in [3.8, 4) is 0 Å². The van der Waals surface area contributed by atoms with Gasteiger partial charge in [0.15, 0.2) is 0 Å². The van der Waals surface area contributed by atoms with E-state index >= 15 is 0 Å². The summed E-state index contributed by atoms with van der Waals surface area (Å²) >= 11 is 0. The van der Waals surface area contributed by atoms with Crippen LogP contribution in [0.4, 0.5) is 4.39 Å². The molecular formula is C23H28FN5O. The highest BCUT2D eigenvalue weighted by Crippen LogP contribution is 2.31. The van der Waals surface area contributed by atoms with Crippen LogP contribution < -0.4 is 5.73 Å². The molecule has 0 unspecified atom stereocenters. The molecule has 1 fully saturated rings. The SMILES string of the molecule is C\C=C/C=C/C=C/n1cc([C@@H]2CCCN2C(=O)C[C@H](N)Cc2ccccc2F)nn1. The lowest BCUT2D eigenvalue weighted by Crippen LogP contribution is -2.36. The van der Waals surface area contributed by atoms with Crippen LogP contribution >= 0.6 is 0 Å². The van der Waals surface area contributed by atoms with E-state index in [9.17, 15) is 9.18 Å². The van der Waals surface area contributed by atoms with E-state index in [1.807, 2.05) is 54.6 Å². The first-order chi connectivity index (χ1) is 14.6. The molecule has 1 amide bonds. The van der Waals surface area contributed by atoms with E-state index < -0.39 is 6.04 Å². The van der Waals surface area contributed by atoms with Gasteiger partial charge in [-0.05, 0) is 43.9 Å². The average molecular weight is 410 g/mol. The number of benzene rings is 1. The van der Waals surface area contributed by atoms with Crippen molar-refractivity contribution < 1.29 is 9.18 Å². The zero-order chi connectivity index (χ0) is 21.3. The summed E-state index contributed by atoms with van der Waals surface area (Å²) in [5.74, 6) is -0.314. The first kappa shape index (κ1) is 21.6. The van der Waals surface area contributed by atoms with Crippen LogP contribution in [0, 0.1) is 5.82 Å². The van der Waals surface area contributed by atoms with E-state index in [-0.39, 0.29) is 24.2 Å². The molecule has 0 aliphatic carbocycles. The highest BCUT2D eigenvalue weighted by Gasteiger charge is 2.32. The number of nitrogens with zero attached hydrogens (tertiary/aromatic N) is 4. The molecule has 1 aliphatic heterocycles. The number of carbonyl (C=O) groups is 1. The van der Waals surface area contributed by atoms with Crippen LogP contribution in [0.15, 0.2) is 60.8 Å². The molecule has 0 spiro atoms. The number of halogens is 1. The van der Waals surface area contributed by atoms with Crippen LogP contribution in [0.3, 0.4) is 0 Å². The molecule has 3 rings (SSSR count). The molecule has 1 saturated heterocycles. The highest BCUT2D eigenvalue weighted by atomic mass is 19.1. The summed E-state index contributed by atoms with van der Waals surface area (Å²) in [6, 6.07) is 6.01. The minimum Gasteiger partial charge on any atom is -0.334 e. The summed E-state index contributed by atoms with van der Waals surface area (Å²) in [5, 5.41) is 8.38. The summed E-state index contributed by atoms with van der Waals surface area (Å²) < 4.78 is 15.5. The number of allylic oxidation sites excluding steroid dienone is 5. The van der Waals surface area contributed by atoms with Crippen LogP contribution in [0.2, 0.25) is 0 Å². The van der Waals surface area contributed by atoms with Gasteiger partial charge in [0.25, 0.3) is 0 Å². The van der Waals surface area contributed by atoms with Gasteiger partial charge in [0, 0.05) is 25.2 Å². The van der Waals surface area contributed by atoms with Gasteiger partial charge in [-0.15, -0.1) is 5.10 Å². The standard InChI is InChI=1S/C23H28FN5O/c1-2-3-4-5-8-13-28-17-21(26-27-28)22-12-9-14-29(22)23(30)16-19(25)15-18-10-6-7-11-20(18)24/h2-8,10-11,13,17,19,22H,9,12,14-16,25H2,1H3/b3-2-,5-4+,13-8+/t19-,22+/m1/s1. The van der Waals surface area contributed by atoms with E-state index in [0.29, 0.717) is 18.5 Å². The maximum Gasteiger partial charge on any atom is 0.224 e. The van der Waals surface area contributed by atoms with Gasteiger partial charge in [-0.25, -0.2) is 9.07 Å². The number of rotatable bonds is 8. The topological polar surface area (TPSA) is 77.0 Å². The molecule has 0 bridgehead atoms. The summed E-state index contributed by atoms with van der Waals surface area (Å²) in [6.07, 6.45) is 15.5. The maximum absolute atomic E-state index is 13.8. The van der Waals surface area contributed by atoms with E-state index in [0.717, 1.165) is 18.5 Å². The molecule has 2 aromatic rings. The number of likely N-dealkylation sites (tertiary alicyclic amines) is 1.